The molecule has 0 unspecified atom stereocenters. The van der Waals surface area contributed by atoms with Gasteiger partial charge in [0.15, 0.2) is 0 Å². The number of carbonyl (C=O) groups is 2. The van der Waals surface area contributed by atoms with Crippen molar-refractivity contribution < 1.29 is 14.3 Å². The fourth-order valence-corrected chi connectivity index (χ4v) is 1.75. The Morgan fingerprint density at radius 1 is 1.43 bits per heavy atom. The highest BCUT2D eigenvalue weighted by Gasteiger charge is 2.21. The number of ketones is 1. The predicted molar refractivity (Wildman–Crippen MR) is 52.8 cm³/mol. The van der Waals surface area contributed by atoms with Crippen LogP contribution in [0.3, 0.4) is 0 Å². The van der Waals surface area contributed by atoms with Gasteiger partial charge in [-0.15, -0.1) is 0 Å². The van der Waals surface area contributed by atoms with Crippen LogP contribution in [0.25, 0.3) is 0 Å². The monoisotopic (exact) mass is 198 g/mol. The quantitative estimate of drug-likeness (QED) is 0.652. The van der Waals surface area contributed by atoms with Crippen LogP contribution in [0.15, 0.2) is 0 Å². The van der Waals surface area contributed by atoms with Crippen LogP contribution in [-0.4, -0.2) is 17.9 Å². The van der Waals surface area contributed by atoms with Crippen molar-refractivity contribution in [3.63, 3.8) is 0 Å². The number of hydrogen-bond acceptors (Lipinski definition) is 3. The lowest BCUT2D eigenvalue weighted by atomic mass is 9.86. The Morgan fingerprint density at radius 2 is 2.00 bits per heavy atom. The Hall–Kier alpha value is -0.860. The van der Waals surface area contributed by atoms with Crippen LogP contribution in [-0.2, 0) is 14.3 Å². The molecule has 1 saturated carbocycles. The average molecular weight is 198 g/mol. The Kier molecular flexibility index (Phi) is 4.11. The molecule has 14 heavy (non-hydrogen) atoms. The molecule has 0 spiro atoms. The molecule has 0 bridgehead atoms. The minimum atomic E-state index is -0.126. The molecule has 1 aliphatic rings. The number of rotatable bonds is 3. The molecule has 1 fully saturated rings. The lowest BCUT2D eigenvalue weighted by molar-refractivity contribution is -0.149. The van der Waals surface area contributed by atoms with E-state index in [1.807, 2.05) is 13.8 Å². The topological polar surface area (TPSA) is 43.4 Å². The van der Waals surface area contributed by atoms with Gasteiger partial charge in [-0.05, 0) is 32.6 Å². The summed E-state index contributed by atoms with van der Waals surface area (Å²) in [5.41, 5.74) is 0. The van der Waals surface area contributed by atoms with Gasteiger partial charge in [-0.2, -0.15) is 0 Å². The summed E-state index contributed by atoms with van der Waals surface area (Å²) in [7, 11) is 0. The predicted octanol–water partition coefficient (Wildman–Crippen LogP) is 2.09. The van der Waals surface area contributed by atoms with E-state index in [2.05, 4.69) is 0 Å². The van der Waals surface area contributed by atoms with Gasteiger partial charge in [-0.25, -0.2) is 0 Å². The van der Waals surface area contributed by atoms with Crippen molar-refractivity contribution in [2.45, 2.75) is 52.1 Å². The highest BCUT2D eigenvalue weighted by Crippen LogP contribution is 2.24. The molecule has 1 aliphatic carbocycles. The van der Waals surface area contributed by atoms with Crippen molar-refractivity contribution >= 4 is 11.8 Å². The van der Waals surface area contributed by atoms with Crippen LogP contribution >= 0.6 is 0 Å². The van der Waals surface area contributed by atoms with E-state index in [-0.39, 0.29) is 12.1 Å². The summed E-state index contributed by atoms with van der Waals surface area (Å²) in [5, 5.41) is 0. The molecule has 0 radical (unpaired) electrons. The van der Waals surface area contributed by atoms with Crippen molar-refractivity contribution in [3.8, 4) is 0 Å². The zero-order valence-corrected chi connectivity index (χ0v) is 8.91. The highest BCUT2D eigenvalue weighted by molar-refractivity contribution is 5.79. The first-order valence-electron chi connectivity index (χ1n) is 5.29. The Morgan fingerprint density at radius 3 is 2.50 bits per heavy atom. The summed E-state index contributed by atoms with van der Waals surface area (Å²) < 4.78 is 5.06. The maximum absolute atomic E-state index is 11.3. The first kappa shape index (κ1) is 11.2. The summed E-state index contributed by atoms with van der Waals surface area (Å²) in [4.78, 5) is 22.3. The van der Waals surface area contributed by atoms with Crippen LogP contribution in [0.5, 0.6) is 0 Å². The van der Waals surface area contributed by atoms with Crippen molar-refractivity contribution in [1.29, 1.82) is 0 Å². The van der Waals surface area contributed by atoms with E-state index in [9.17, 15) is 9.59 Å². The second-order valence-electron chi connectivity index (χ2n) is 4.22. The van der Waals surface area contributed by atoms with Crippen molar-refractivity contribution in [1.82, 2.24) is 0 Å². The lowest BCUT2D eigenvalue weighted by Crippen LogP contribution is -2.20. The minimum Gasteiger partial charge on any atom is -0.463 e. The summed E-state index contributed by atoms with van der Waals surface area (Å²) in [5.74, 6) is 0.566. The molecule has 0 aromatic rings. The van der Waals surface area contributed by atoms with E-state index >= 15 is 0 Å². The molecule has 80 valence electrons. The van der Waals surface area contributed by atoms with Gasteiger partial charge in [-0.3, -0.25) is 9.59 Å². The molecular formula is C11H18O3. The van der Waals surface area contributed by atoms with Crippen LogP contribution in [0.4, 0.5) is 0 Å². The maximum Gasteiger partial charge on any atom is 0.306 e. The Labute approximate surface area is 84.8 Å². The fourth-order valence-electron chi connectivity index (χ4n) is 1.75. The average Bonchev–Trinajstić information content (AvgIpc) is 2.07. The van der Waals surface area contributed by atoms with Crippen molar-refractivity contribution in [2.75, 3.05) is 0 Å². The van der Waals surface area contributed by atoms with Crippen LogP contribution in [0.2, 0.25) is 0 Å². The number of carbonyl (C=O) groups excluding carboxylic acids is 2. The summed E-state index contributed by atoms with van der Waals surface area (Å²) >= 11 is 0. The molecular weight excluding hydrogens is 180 g/mol. The number of Topliss-reactive ketones (excluding diaryl/α,β-unsaturated/α-hetero) is 1. The number of ether oxygens (including phenoxy) is 1. The van der Waals surface area contributed by atoms with Crippen LogP contribution in [0.1, 0.15) is 46.0 Å². The number of hydrogen-bond donors (Lipinski definition) is 0. The smallest absolute Gasteiger partial charge is 0.306 e. The van der Waals surface area contributed by atoms with E-state index in [4.69, 9.17) is 4.74 Å². The molecule has 0 N–H and O–H groups in total. The zero-order chi connectivity index (χ0) is 10.6. The van der Waals surface area contributed by atoms with Crippen LogP contribution < -0.4 is 0 Å². The third kappa shape index (κ3) is 3.90. The third-order valence-electron chi connectivity index (χ3n) is 2.49. The van der Waals surface area contributed by atoms with E-state index in [0.717, 1.165) is 12.8 Å². The minimum absolute atomic E-state index is 0.0345. The maximum atomic E-state index is 11.3. The molecule has 1 rings (SSSR count). The van der Waals surface area contributed by atoms with E-state index in [1.165, 1.54) is 0 Å². The Bertz CT molecular complexity index is 211. The van der Waals surface area contributed by atoms with E-state index < -0.39 is 0 Å². The third-order valence-corrected chi connectivity index (χ3v) is 2.49. The number of esters is 1. The Balaban J connectivity index is 2.24. The lowest BCUT2D eigenvalue weighted by Gasteiger charge is -2.20. The standard InChI is InChI=1S/C11H18O3/c1-8(2)14-11(13)7-9-3-5-10(12)6-4-9/h8-9H,3-7H2,1-2H3. The van der Waals surface area contributed by atoms with Gasteiger partial charge in [0.2, 0.25) is 0 Å². The first-order valence-corrected chi connectivity index (χ1v) is 5.29. The summed E-state index contributed by atoms with van der Waals surface area (Å²) in [6.45, 7) is 3.70. The molecule has 3 nitrogen and oxygen atoms in total. The second kappa shape index (κ2) is 5.13. The largest absolute Gasteiger partial charge is 0.463 e. The molecule has 0 aromatic heterocycles. The van der Waals surface area contributed by atoms with Crippen molar-refractivity contribution in [3.05, 3.63) is 0 Å². The van der Waals surface area contributed by atoms with Crippen LogP contribution in [0, 0.1) is 5.92 Å². The molecule has 0 amide bonds. The van der Waals surface area contributed by atoms with Gasteiger partial charge in [0, 0.05) is 19.3 Å². The van der Waals surface area contributed by atoms with Crippen molar-refractivity contribution in [2.24, 2.45) is 5.92 Å². The SMILES string of the molecule is CC(C)OC(=O)CC1CCC(=O)CC1. The molecule has 0 saturated heterocycles. The molecule has 0 atom stereocenters. The van der Waals surface area contributed by atoms with Gasteiger partial charge >= 0.3 is 5.97 Å². The fraction of sp³-hybridized carbons (Fsp3) is 0.818. The normalized spacial score (nSPS) is 18.6. The van der Waals surface area contributed by atoms with Gasteiger partial charge in [-0.1, -0.05) is 0 Å². The van der Waals surface area contributed by atoms with Gasteiger partial charge in [0.1, 0.15) is 5.78 Å². The first-order chi connectivity index (χ1) is 6.58. The van der Waals surface area contributed by atoms with E-state index in [0.29, 0.717) is 31.0 Å². The zero-order valence-electron chi connectivity index (χ0n) is 8.91. The molecule has 0 aromatic carbocycles. The summed E-state index contributed by atoms with van der Waals surface area (Å²) in [6.07, 6.45) is 3.43. The molecule has 3 heteroatoms. The van der Waals surface area contributed by atoms with Gasteiger partial charge < -0.3 is 4.74 Å². The molecule has 0 heterocycles. The van der Waals surface area contributed by atoms with E-state index in [1.54, 1.807) is 0 Å². The molecule has 0 aliphatic heterocycles. The van der Waals surface area contributed by atoms with Gasteiger partial charge in [0.05, 0.1) is 6.10 Å². The van der Waals surface area contributed by atoms with Gasteiger partial charge in [0.25, 0.3) is 0 Å². The highest BCUT2D eigenvalue weighted by atomic mass is 16.5. The second-order valence-corrected chi connectivity index (χ2v) is 4.22. The summed E-state index contributed by atoms with van der Waals surface area (Å²) in [6, 6.07) is 0.